The van der Waals surface area contributed by atoms with Gasteiger partial charge in [-0.1, -0.05) is 11.6 Å². The zero-order valence-corrected chi connectivity index (χ0v) is 10.5. The third kappa shape index (κ3) is 2.68. The van der Waals surface area contributed by atoms with Crippen molar-refractivity contribution in [3.05, 3.63) is 35.2 Å². The molecule has 6 heteroatoms. The molecule has 0 bridgehead atoms. The second kappa shape index (κ2) is 4.63. The minimum Gasteiger partial charge on any atom is -0.396 e. The summed E-state index contributed by atoms with van der Waals surface area (Å²) in [5.74, 6) is 0.721. The molecule has 0 aliphatic heterocycles. The number of aryl methyl sites for hydroxylation is 1. The Bertz CT molecular complexity index is 522. The van der Waals surface area contributed by atoms with E-state index in [2.05, 4.69) is 10.1 Å². The highest BCUT2D eigenvalue weighted by Crippen LogP contribution is 2.23. The molecule has 0 saturated heterocycles. The summed E-state index contributed by atoms with van der Waals surface area (Å²) in [5, 5.41) is 4.66. The van der Waals surface area contributed by atoms with E-state index in [1.165, 1.54) is 0 Å². The normalized spacial score (nSPS) is 10.5. The monoisotopic (exact) mass is 251 g/mol. The van der Waals surface area contributed by atoms with Crippen molar-refractivity contribution in [2.75, 3.05) is 17.7 Å². The molecule has 0 fully saturated rings. The van der Waals surface area contributed by atoms with Crippen molar-refractivity contribution in [2.24, 2.45) is 7.05 Å². The van der Waals surface area contributed by atoms with E-state index in [0.29, 0.717) is 17.3 Å². The Morgan fingerprint density at radius 1 is 1.47 bits per heavy atom. The third-order valence-electron chi connectivity index (χ3n) is 2.40. The summed E-state index contributed by atoms with van der Waals surface area (Å²) in [5.41, 5.74) is 7.55. The largest absolute Gasteiger partial charge is 0.396 e. The highest BCUT2D eigenvalue weighted by atomic mass is 35.5. The minimum absolute atomic E-state index is 0.543. The van der Waals surface area contributed by atoms with Gasteiger partial charge in [-0.2, -0.15) is 5.10 Å². The Kier molecular flexibility index (Phi) is 3.19. The average Bonchev–Trinajstić information content (AvgIpc) is 2.63. The Morgan fingerprint density at radius 3 is 2.82 bits per heavy atom. The molecule has 0 unspecified atom stereocenters. The number of nitrogen functional groups attached to an aromatic ring is 1. The fourth-order valence-corrected chi connectivity index (χ4v) is 1.84. The van der Waals surface area contributed by atoms with Gasteiger partial charge in [0.2, 0.25) is 0 Å². The van der Waals surface area contributed by atoms with Crippen LogP contribution in [0, 0.1) is 0 Å². The third-order valence-corrected chi connectivity index (χ3v) is 2.61. The summed E-state index contributed by atoms with van der Waals surface area (Å²) in [7, 11) is 3.82. The van der Waals surface area contributed by atoms with Crippen LogP contribution in [0.3, 0.4) is 0 Å². The van der Waals surface area contributed by atoms with E-state index in [9.17, 15) is 0 Å². The lowest BCUT2D eigenvalue weighted by molar-refractivity contribution is 0.766. The predicted molar refractivity (Wildman–Crippen MR) is 69.0 cm³/mol. The molecule has 17 heavy (non-hydrogen) atoms. The zero-order chi connectivity index (χ0) is 12.4. The van der Waals surface area contributed by atoms with Gasteiger partial charge in [0.25, 0.3) is 0 Å². The maximum atomic E-state index is 5.87. The highest BCUT2D eigenvalue weighted by Gasteiger charge is 2.09. The molecule has 0 saturated carbocycles. The number of rotatable bonds is 3. The number of halogens is 1. The van der Waals surface area contributed by atoms with Gasteiger partial charge in [0.15, 0.2) is 5.82 Å². The van der Waals surface area contributed by atoms with E-state index >= 15 is 0 Å². The molecule has 2 heterocycles. The van der Waals surface area contributed by atoms with Gasteiger partial charge < -0.3 is 10.6 Å². The van der Waals surface area contributed by atoms with Crippen LogP contribution in [0.15, 0.2) is 24.7 Å². The Balaban J connectivity index is 2.17. The van der Waals surface area contributed by atoms with E-state index in [1.54, 1.807) is 16.9 Å². The number of pyridine rings is 1. The van der Waals surface area contributed by atoms with Crippen molar-refractivity contribution in [1.29, 1.82) is 0 Å². The molecule has 2 aromatic rings. The quantitative estimate of drug-likeness (QED) is 0.902. The highest BCUT2D eigenvalue weighted by molar-refractivity contribution is 6.30. The lowest BCUT2D eigenvalue weighted by Gasteiger charge is -2.18. The van der Waals surface area contributed by atoms with Crippen LogP contribution in [0.4, 0.5) is 11.5 Å². The number of hydrogen-bond acceptors (Lipinski definition) is 4. The van der Waals surface area contributed by atoms with Gasteiger partial charge in [-0.15, -0.1) is 0 Å². The van der Waals surface area contributed by atoms with Crippen LogP contribution < -0.4 is 10.6 Å². The first kappa shape index (κ1) is 11.7. The molecular formula is C11H14ClN5. The zero-order valence-electron chi connectivity index (χ0n) is 9.76. The van der Waals surface area contributed by atoms with Crippen LogP contribution in [-0.4, -0.2) is 21.8 Å². The number of nitrogens with two attached hydrogens (primary N) is 1. The number of aromatic nitrogens is 3. The fraction of sp³-hybridized carbons (Fsp3) is 0.273. The second-order valence-corrected chi connectivity index (χ2v) is 4.38. The number of nitrogens with zero attached hydrogens (tertiary/aromatic N) is 4. The van der Waals surface area contributed by atoms with Crippen molar-refractivity contribution in [1.82, 2.24) is 14.8 Å². The Labute approximate surface area is 105 Å². The topological polar surface area (TPSA) is 60.0 Å². The van der Waals surface area contributed by atoms with Crippen LogP contribution in [0.2, 0.25) is 5.02 Å². The standard InChI is InChI=1S/C11H14ClN5/c1-16(6-8-4-15-17(2)7-8)11-10(13)3-9(12)5-14-11/h3-5,7H,6,13H2,1-2H3. The summed E-state index contributed by atoms with van der Waals surface area (Å²) in [6, 6.07) is 1.70. The van der Waals surface area contributed by atoms with Crippen molar-refractivity contribution in [2.45, 2.75) is 6.54 Å². The first-order valence-electron chi connectivity index (χ1n) is 5.16. The van der Waals surface area contributed by atoms with E-state index in [-0.39, 0.29) is 0 Å². The van der Waals surface area contributed by atoms with Gasteiger partial charge in [-0.05, 0) is 6.07 Å². The van der Waals surface area contributed by atoms with Crippen molar-refractivity contribution in [3.8, 4) is 0 Å². The molecular weight excluding hydrogens is 238 g/mol. The predicted octanol–water partition coefficient (Wildman–Crippen LogP) is 1.69. The fourth-order valence-electron chi connectivity index (χ4n) is 1.67. The minimum atomic E-state index is 0.543. The maximum Gasteiger partial charge on any atom is 0.151 e. The number of hydrogen-bond donors (Lipinski definition) is 1. The molecule has 0 amide bonds. The first-order valence-corrected chi connectivity index (χ1v) is 5.54. The summed E-state index contributed by atoms with van der Waals surface area (Å²) in [6.45, 7) is 0.701. The summed E-state index contributed by atoms with van der Waals surface area (Å²) >= 11 is 5.81. The van der Waals surface area contributed by atoms with Gasteiger partial charge >= 0.3 is 0 Å². The Morgan fingerprint density at radius 2 is 2.24 bits per heavy atom. The lowest BCUT2D eigenvalue weighted by Crippen LogP contribution is -2.18. The molecule has 2 N–H and O–H groups in total. The smallest absolute Gasteiger partial charge is 0.151 e. The van der Waals surface area contributed by atoms with E-state index in [0.717, 1.165) is 11.4 Å². The van der Waals surface area contributed by atoms with Gasteiger partial charge in [0, 0.05) is 38.6 Å². The lowest BCUT2D eigenvalue weighted by atomic mass is 10.3. The van der Waals surface area contributed by atoms with Crippen LogP contribution >= 0.6 is 11.6 Å². The van der Waals surface area contributed by atoms with Crippen LogP contribution in [0.25, 0.3) is 0 Å². The van der Waals surface area contributed by atoms with Crippen LogP contribution in [-0.2, 0) is 13.6 Å². The molecule has 0 atom stereocenters. The molecule has 0 spiro atoms. The van der Waals surface area contributed by atoms with Crippen molar-refractivity contribution >= 4 is 23.1 Å². The van der Waals surface area contributed by atoms with E-state index in [4.69, 9.17) is 17.3 Å². The average molecular weight is 252 g/mol. The van der Waals surface area contributed by atoms with Crippen LogP contribution in [0.5, 0.6) is 0 Å². The van der Waals surface area contributed by atoms with Gasteiger partial charge in [-0.3, -0.25) is 4.68 Å². The summed E-state index contributed by atoms with van der Waals surface area (Å²) in [6.07, 6.45) is 5.37. The van der Waals surface area contributed by atoms with Gasteiger partial charge in [-0.25, -0.2) is 4.98 Å². The van der Waals surface area contributed by atoms with Crippen LogP contribution in [0.1, 0.15) is 5.56 Å². The van der Waals surface area contributed by atoms with Gasteiger partial charge in [0.1, 0.15) is 0 Å². The molecule has 2 rings (SSSR count). The summed E-state index contributed by atoms with van der Waals surface area (Å²) in [4.78, 5) is 6.18. The van der Waals surface area contributed by atoms with Crippen molar-refractivity contribution < 1.29 is 0 Å². The summed E-state index contributed by atoms with van der Waals surface area (Å²) < 4.78 is 1.77. The van der Waals surface area contributed by atoms with E-state index < -0.39 is 0 Å². The molecule has 0 aliphatic carbocycles. The van der Waals surface area contributed by atoms with E-state index in [1.807, 2.05) is 31.4 Å². The molecule has 2 aromatic heterocycles. The molecule has 0 aliphatic rings. The maximum absolute atomic E-state index is 5.87. The number of anilines is 2. The molecule has 0 aromatic carbocycles. The first-order chi connectivity index (χ1) is 8.06. The van der Waals surface area contributed by atoms with Crippen molar-refractivity contribution in [3.63, 3.8) is 0 Å². The SMILES string of the molecule is CN(Cc1cnn(C)c1)c1ncc(Cl)cc1N. The molecule has 5 nitrogen and oxygen atoms in total. The second-order valence-electron chi connectivity index (χ2n) is 3.94. The Hall–Kier alpha value is -1.75. The van der Waals surface area contributed by atoms with Gasteiger partial charge in [0.05, 0.1) is 16.9 Å². The molecule has 90 valence electrons. The molecule has 0 radical (unpaired) electrons.